The molecule has 4 heteroatoms. The number of amides is 1. The minimum Gasteiger partial charge on any atom is -0.349 e. The van der Waals surface area contributed by atoms with E-state index in [1.807, 2.05) is 6.07 Å². The van der Waals surface area contributed by atoms with E-state index in [-0.39, 0.29) is 17.8 Å². The van der Waals surface area contributed by atoms with E-state index < -0.39 is 0 Å². The topological polar surface area (TPSA) is 29.1 Å². The first kappa shape index (κ1) is 18.5. The molecular weight excluding hydrogens is 321 g/mol. The molecule has 1 atom stereocenters. The Morgan fingerprint density at radius 1 is 1.21 bits per heavy atom. The van der Waals surface area contributed by atoms with Crippen molar-refractivity contribution in [2.75, 3.05) is 5.75 Å². The van der Waals surface area contributed by atoms with Crippen LogP contribution >= 0.6 is 11.8 Å². The van der Waals surface area contributed by atoms with E-state index in [0.29, 0.717) is 17.1 Å². The number of rotatable bonds is 7. The minimum absolute atomic E-state index is 0.0110. The molecule has 0 saturated carbocycles. The van der Waals surface area contributed by atoms with Gasteiger partial charge in [0.25, 0.3) is 0 Å². The van der Waals surface area contributed by atoms with Gasteiger partial charge in [-0.25, -0.2) is 4.39 Å². The lowest BCUT2D eigenvalue weighted by atomic mass is 9.97. The molecule has 24 heavy (non-hydrogen) atoms. The number of hydrogen-bond acceptors (Lipinski definition) is 2. The highest BCUT2D eigenvalue weighted by Crippen LogP contribution is 2.22. The number of halogens is 1. The van der Waals surface area contributed by atoms with Gasteiger partial charge in [-0.15, -0.1) is 11.8 Å². The maximum atomic E-state index is 13.6. The summed E-state index contributed by atoms with van der Waals surface area (Å²) in [4.78, 5) is 12.2. The molecule has 0 bridgehead atoms. The molecule has 0 heterocycles. The van der Waals surface area contributed by atoms with E-state index in [0.717, 1.165) is 12.0 Å². The van der Waals surface area contributed by atoms with Gasteiger partial charge >= 0.3 is 0 Å². The molecule has 0 aliphatic heterocycles. The maximum absolute atomic E-state index is 13.6. The zero-order valence-electron chi connectivity index (χ0n) is 14.4. The molecule has 2 aromatic rings. The van der Waals surface area contributed by atoms with E-state index in [4.69, 9.17) is 0 Å². The first-order chi connectivity index (χ1) is 11.5. The van der Waals surface area contributed by atoms with Crippen LogP contribution in [0.3, 0.4) is 0 Å². The van der Waals surface area contributed by atoms with Crippen LogP contribution in [-0.2, 0) is 10.5 Å². The second-order valence-corrected chi connectivity index (χ2v) is 6.96. The van der Waals surface area contributed by atoms with E-state index in [1.165, 1.54) is 29.0 Å². The number of carbonyl (C=O) groups is 1. The van der Waals surface area contributed by atoms with Gasteiger partial charge < -0.3 is 5.32 Å². The fraction of sp³-hybridized carbons (Fsp3) is 0.350. The standard InChI is InChI=1S/C20H24FNOS/c1-4-19(17-10-9-14(2)11-15(17)3)22-20(23)13-24-12-16-7-5-6-8-18(16)21/h5-11,19H,4,12-13H2,1-3H3,(H,22,23)/t19-/m1/s1. The van der Waals surface area contributed by atoms with E-state index in [2.05, 4.69) is 44.3 Å². The summed E-state index contributed by atoms with van der Waals surface area (Å²) in [5.74, 6) is 0.603. The number of aryl methyl sites for hydroxylation is 2. The third kappa shape index (κ3) is 5.10. The van der Waals surface area contributed by atoms with Gasteiger partial charge in [-0.3, -0.25) is 4.79 Å². The smallest absolute Gasteiger partial charge is 0.230 e. The largest absolute Gasteiger partial charge is 0.349 e. The van der Waals surface area contributed by atoms with Gasteiger partial charge in [0, 0.05) is 5.75 Å². The maximum Gasteiger partial charge on any atom is 0.230 e. The Morgan fingerprint density at radius 3 is 2.62 bits per heavy atom. The van der Waals surface area contributed by atoms with E-state index in [9.17, 15) is 9.18 Å². The van der Waals surface area contributed by atoms with Crippen LogP contribution in [0.15, 0.2) is 42.5 Å². The van der Waals surface area contributed by atoms with Crippen molar-refractivity contribution in [2.45, 2.75) is 39.0 Å². The van der Waals surface area contributed by atoms with Crippen molar-refractivity contribution in [1.29, 1.82) is 0 Å². The van der Waals surface area contributed by atoms with Crippen molar-refractivity contribution in [1.82, 2.24) is 5.32 Å². The second kappa shape index (κ2) is 8.88. The summed E-state index contributed by atoms with van der Waals surface area (Å²) >= 11 is 1.43. The molecule has 2 rings (SSSR count). The molecule has 128 valence electrons. The molecule has 2 nitrogen and oxygen atoms in total. The molecule has 0 fully saturated rings. The number of benzene rings is 2. The summed E-state index contributed by atoms with van der Waals surface area (Å²) in [6.45, 7) is 6.20. The highest BCUT2D eigenvalue weighted by molar-refractivity contribution is 7.99. The lowest BCUT2D eigenvalue weighted by molar-refractivity contribution is -0.119. The van der Waals surface area contributed by atoms with Crippen LogP contribution in [0.1, 0.15) is 41.6 Å². The predicted molar refractivity (Wildman–Crippen MR) is 99.7 cm³/mol. The van der Waals surface area contributed by atoms with E-state index >= 15 is 0 Å². The molecule has 0 unspecified atom stereocenters. The van der Waals surface area contributed by atoms with Gasteiger partial charge in [0.1, 0.15) is 5.82 Å². The van der Waals surface area contributed by atoms with Crippen molar-refractivity contribution in [3.05, 3.63) is 70.5 Å². The average Bonchev–Trinajstić information content (AvgIpc) is 2.55. The Kier molecular flexibility index (Phi) is 6.85. The first-order valence-electron chi connectivity index (χ1n) is 8.19. The number of nitrogens with one attached hydrogen (secondary N) is 1. The van der Waals surface area contributed by atoms with Gasteiger partial charge in [-0.1, -0.05) is 48.9 Å². The molecule has 1 N–H and O–H groups in total. The average molecular weight is 345 g/mol. The van der Waals surface area contributed by atoms with Crippen LogP contribution in [0.5, 0.6) is 0 Å². The van der Waals surface area contributed by atoms with Gasteiger partial charge in [-0.05, 0) is 43.0 Å². The van der Waals surface area contributed by atoms with Crippen LogP contribution in [0, 0.1) is 19.7 Å². The molecular formula is C20H24FNOS. The zero-order chi connectivity index (χ0) is 17.5. The quantitative estimate of drug-likeness (QED) is 0.770. The third-order valence-corrected chi connectivity index (χ3v) is 4.97. The van der Waals surface area contributed by atoms with Crippen molar-refractivity contribution >= 4 is 17.7 Å². The predicted octanol–water partition coefficient (Wildman–Crippen LogP) is 4.94. The number of thioether (sulfide) groups is 1. The van der Waals surface area contributed by atoms with Gasteiger partial charge in [0.15, 0.2) is 0 Å². The van der Waals surface area contributed by atoms with Crippen molar-refractivity contribution in [2.24, 2.45) is 0 Å². The molecule has 0 spiro atoms. The van der Waals surface area contributed by atoms with Crippen molar-refractivity contribution in [3.63, 3.8) is 0 Å². The highest BCUT2D eigenvalue weighted by Gasteiger charge is 2.15. The summed E-state index contributed by atoms with van der Waals surface area (Å²) in [5.41, 5.74) is 4.21. The summed E-state index contributed by atoms with van der Waals surface area (Å²) in [7, 11) is 0. The highest BCUT2D eigenvalue weighted by atomic mass is 32.2. The number of carbonyl (C=O) groups excluding carboxylic acids is 1. The minimum atomic E-state index is -0.216. The fourth-order valence-electron chi connectivity index (χ4n) is 2.72. The van der Waals surface area contributed by atoms with Crippen LogP contribution in [0.25, 0.3) is 0 Å². The molecule has 0 aliphatic carbocycles. The van der Waals surface area contributed by atoms with Gasteiger partial charge in [-0.2, -0.15) is 0 Å². The molecule has 1 amide bonds. The second-order valence-electron chi connectivity index (χ2n) is 5.97. The first-order valence-corrected chi connectivity index (χ1v) is 9.34. The molecule has 0 aromatic heterocycles. The monoisotopic (exact) mass is 345 g/mol. The Balaban J connectivity index is 1.89. The van der Waals surface area contributed by atoms with Crippen LogP contribution in [0.4, 0.5) is 4.39 Å². The Morgan fingerprint density at radius 2 is 1.96 bits per heavy atom. The lowest BCUT2D eigenvalue weighted by Crippen LogP contribution is -2.30. The molecule has 0 radical (unpaired) electrons. The Bertz CT molecular complexity index is 702. The van der Waals surface area contributed by atoms with Gasteiger partial charge in [0.05, 0.1) is 11.8 Å². The van der Waals surface area contributed by atoms with Crippen LogP contribution in [-0.4, -0.2) is 11.7 Å². The molecule has 2 aromatic carbocycles. The Hall–Kier alpha value is -1.81. The summed E-state index contributed by atoms with van der Waals surface area (Å²) in [5, 5.41) is 3.09. The van der Waals surface area contributed by atoms with E-state index in [1.54, 1.807) is 12.1 Å². The van der Waals surface area contributed by atoms with Crippen LogP contribution < -0.4 is 5.32 Å². The fourth-order valence-corrected chi connectivity index (χ4v) is 3.55. The zero-order valence-corrected chi connectivity index (χ0v) is 15.3. The molecule has 0 aliphatic rings. The number of hydrogen-bond donors (Lipinski definition) is 1. The summed E-state index contributed by atoms with van der Waals surface area (Å²) in [6, 6.07) is 13.0. The Labute approximate surface area is 147 Å². The van der Waals surface area contributed by atoms with Crippen LogP contribution in [0.2, 0.25) is 0 Å². The van der Waals surface area contributed by atoms with Gasteiger partial charge in [0.2, 0.25) is 5.91 Å². The summed E-state index contributed by atoms with van der Waals surface area (Å²) < 4.78 is 13.6. The SMILES string of the molecule is CC[C@@H](NC(=O)CSCc1ccccc1F)c1ccc(C)cc1C. The van der Waals surface area contributed by atoms with Crippen molar-refractivity contribution < 1.29 is 9.18 Å². The normalized spacial score (nSPS) is 12.0. The summed E-state index contributed by atoms with van der Waals surface area (Å²) in [6.07, 6.45) is 0.841. The third-order valence-electron chi connectivity index (χ3n) is 3.99. The molecule has 0 saturated heterocycles. The lowest BCUT2D eigenvalue weighted by Gasteiger charge is -2.20. The van der Waals surface area contributed by atoms with Crippen molar-refractivity contribution in [3.8, 4) is 0 Å².